The smallest absolute Gasteiger partial charge is 0.217 e. The number of aliphatic hydroxyl groups is 1. The van der Waals surface area contributed by atoms with Crippen LogP contribution in [0.3, 0.4) is 0 Å². The first-order valence-corrected chi connectivity index (χ1v) is 11.2. The quantitative estimate of drug-likeness (QED) is 0.547. The lowest BCUT2D eigenvalue weighted by Crippen LogP contribution is -2.50. The summed E-state index contributed by atoms with van der Waals surface area (Å²) in [5.41, 5.74) is 2.98. The minimum Gasteiger partial charge on any atom is -0.390 e. The molecule has 0 radical (unpaired) electrons. The third kappa shape index (κ3) is 6.84. The van der Waals surface area contributed by atoms with Gasteiger partial charge < -0.3 is 15.7 Å². The summed E-state index contributed by atoms with van der Waals surface area (Å²) in [6.07, 6.45) is 2.13. The summed E-state index contributed by atoms with van der Waals surface area (Å²) in [6.45, 7) is 8.22. The Morgan fingerprint density at radius 1 is 1.06 bits per heavy atom. The molecule has 2 atom stereocenters. The van der Waals surface area contributed by atoms with Crippen LogP contribution in [0.2, 0.25) is 0 Å². The Hall–Kier alpha value is -2.31. The number of hydrogen-bond acceptors (Lipinski definition) is 3. The molecule has 1 fully saturated rings. The maximum Gasteiger partial charge on any atom is 0.217 e. The molecule has 3 rings (SSSR count). The first-order valence-electron chi connectivity index (χ1n) is 11.2. The molecule has 0 spiro atoms. The van der Waals surface area contributed by atoms with Gasteiger partial charge in [0.05, 0.1) is 12.1 Å². The van der Waals surface area contributed by atoms with Crippen LogP contribution in [0.25, 0.3) is 0 Å². The van der Waals surface area contributed by atoms with Crippen molar-refractivity contribution in [1.82, 2.24) is 10.6 Å². The SMILES string of the molecule is CC(=O)NC(Cc1cc(F)cc(F)c1)C(O)CNC1(Cc2ccc(C(C)(C)C)cc2)CC1. The number of benzene rings is 2. The highest BCUT2D eigenvalue weighted by Gasteiger charge is 2.42. The fourth-order valence-electron chi connectivity index (χ4n) is 4.07. The van der Waals surface area contributed by atoms with Crippen LogP contribution < -0.4 is 10.6 Å². The standard InChI is InChI=1S/C26H34F2N2O2/c1-17(31)30-23(13-19-11-21(27)14-22(28)12-19)24(32)16-29-26(9-10-26)15-18-5-7-20(8-6-18)25(2,3)4/h5-8,11-12,14,23-24,29,32H,9-10,13,15-16H2,1-4H3,(H,30,31). The fourth-order valence-corrected chi connectivity index (χ4v) is 4.07. The molecule has 2 unspecified atom stereocenters. The molecule has 0 aromatic heterocycles. The van der Waals surface area contributed by atoms with Gasteiger partial charge in [0.2, 0.25) is 5.91 Å². The Kier molecular flexibility index (Phi) is 7.36. The van der Waals surface area contributed by atoms with Crippen LogP contribution in [0.15, 0.2) is 42.5 Å². The highest BCUT2D eigenvalue weighted by Crippen LogP contribution is 2.39. The van der Waals surface area contributed by atoms with E-state index < -0.39 is 23.8 Å². The second-order valence-electron chi connectivity index (χ2n) is 10.1. The van der Waals surface area contributed by atoms with Crippen molar-refractivity contribution in [2.45, 2.75) is 76.5 Å². The van der Waals surface area contributed by atoms with E-state index in [0.29, 0.717) is 5.56 Å². The van der Waals surface area contributed by atoms with Gasteiger partial charge in [-0.2, -0.15) is 0 Å². The van der Waals surface area contributed by atoms with Crippen molar-refractivity contribution in [2.75, 3.05) is 6.54 Å². The van der Waals surface area contributed by atoms with Gasteiger partial charge in [-0.25, -0.2) is 8.78 Å². The number of halogens is 2. The lowest BCUT2D eigenvalue weighted by atomic mass is 9.86. The summed E-state index contributed by atoms with van der Waals surface area (Å²) in [5.74, 6) is -1.65. The highest BCUT2D eigenvalue weighted by molar-refractivity contribution is 5.73. The molecule has 6 heteroatoms. The number of carbonyl (C=O) groups excluding carboxylic acids is 1. The molecule has 1 aliphatic carbocycles. The predicted molar refractivity (Wildman–Crippen MR) is 122 cm³/mol. The van der Waals surface area contributed by atoms with Crippen LogP contribution in [0.4, 0.5) is 8.78 Å². The van der Waals surface area contributed by atoms with Crippen LogP contribution in [0, 0.1) is 11.6 Å². The lowest BCUT2D eigenvalue weighted by Gasteiger charge is -2.27. The van der Waals surface area contributed by atoms with E-state index in [2.05, 4.69) is 55.7 Å². The monoisotopic (exact) mass is 444 g/mol. The Morgan fingerprint density at radius 3 is 2.16 bits per heavy atom. The van der Waals surface area contributed by atoms with Crippen LogP contribution in [-0.2, 0) is 23.1 Å². The van der Waals surface area contributed by atoms with Crippen molar-refractivity contribution in [3.05, 3.63) is 70.8 Å². The number of amides is 1. The van der Waals surface area contributed by atoms with Gasteiger partial charge >= 0.3 is 0 Å². The van der Waals surface area contributed by atoms with Gasteiger partial charge in [-0.05, 0) is 59.9 Å². The van der Waals surface area contributed by atoms with Crippen molar-refractivity contribution in [3.8, 4) is 0 Å². The van der Waals surface area contributed by atoms with Gasteiger partial charge in [-0.3, -0.25) is 4.79 Å². The molecule has 4 nitrogen and oxygen atoms in total. The third-order valence-corrected chi connectivity index (χ3v) is 6.13. The van der Waals surface area contributed by atoms with Crippen molar-refractivity contribution < 1.29 is 18.7 Å². The molecule has 0 bridgehead atoms. The van der Waals surface area contributed by atoms with E-state index in [9.17, 15) is 18.7 Å². The van der Waals surface area contributed by atoms with Gasteiger partial charge in [0, 0.05) is 25.1 Å². The average molecular weight is 445 g/mol. The summed E-state index contributed by atoms with van der Waals surface area (Å²) in [5, 5.41) is 17.0. The number of carbonyl (C=O) groups is 1. The van der Waals surface area contributed by atoms with Gasteiger partial charge in [0.15, 0.2) is 0 Å². The van der Waals surface area contributed by atoms with E-state index in [1.807, 2.05) is 0 Å². The van der Waals surface area contributed by atoms with E-state index in [-0.39, 0.29) is 29.8 Å². The average Bonchev–Trinajstić information content (AvgIpc) is 3.44. The zero-order chi connectivity index (χ0) is 23.5. The number of aliphatic hydroxyl groups excluding tert-OH is 1. The first-order chi connectivity index (χ1) is 15.0. The van der Waals surface area contributed by atoms with E-state index >= 15 is 0 Å². The molecule has 32 heavy (non-hydrogen) atoms. The topological polar surface area (TPSA) is 61.4 Å². The first kappa shape index (κ1) is 24.3. The Morgan fingerprint density at radius 2 is 1.66 bits per heavy atom. The van der Waals surface area contributed by atoms with Crippen molar-refractivity contribution in [3.63, 3.8) is 0 Å². The van der Waals surface area contributed by atoms with E-state index in [1.54, 1.807) is 0 Å². The zero-order valence-electron chi connectivity index (χ0n) is 19.3. The summed E-state index contributed by atoms with van der Waals surface area (Å²) in [7, 11) is 0. The molecule has 0 heterocycles. The molecular weight excluding hydrogens is 410 g/mol. The minimum absolute atomic E-state index is 0.0596. The van der Waals surface area contributed by atoms with Crippen molar-refractivity contribution in [1.29, 1.82) is 0 Å². The second kappa shape index (κ2) is 9.67. The molecule has 174 valence electrons. The Balaban J connectivity index is 1.61. The summed E-state index contributed by atoms with van der Waals surface area (Å²) in [4.78, 5) is 11.6. The maximum atomic E-state index is 13.5. The number of nitrogens with one attached hydrogen (secondary N) is 2. The fraction of sp³-hybridized carbons (Fsp3) is 0.500. The second-order valence-corrected chi connectivity index (χ2v) is 10.1. The van der Waals surface area contributed by atoms with E-state index in [0.717, 1.165) is 25.3 Å². The van der Waals surface area contributed by atoms with E-state index in [1.165, 1.54) is 30.2 Å². The van der Waals surface area contributed by atoms with Crippen LogP contribution in [0.5, 0.6) is 0 Å². The Bertz CT molecular complexity index is 914. The lowest BCUT2D eigenvalue weighted by molar-refractivity contribution is -0.120. The molecule has 2 aromatic rings. The maximum absolute atomic E-state index is 13.5. The van der Waals surface area contributed by atoms with Crippen LogP contribution in [-0.4, -0.2) is 35.2 Å². The molecular formula is C26H34F2N2O2. The summed E-state index contributed by atoms with van der Waals surface area (Å²) >= 11 is 0. The van der Waals surface area contributed by atoms with Gasteiger partial charge in [-0.1, -0.05) is 45.0 Å². The van der Waals surface area contributed by atoms with Crippen molar-refractivity contribution in [2.24, 2.45) is 0 Å². The largest absolute Gasteiger partial charge is 0.390 e. The van der Waals surface area contributed by atoms with E-state index in [4.69, 9.17) is 0 Å². The van der Waals surface area contributed by atoms with Crippen LogP contribution >= 0.6 is 0 Å². The molecule has 1 amide bonds. The number of rotatable bonds is 9. The van der Waals surface area contributed by atoms with Gasteiger partial charge in [-0.15, -0.1) is 0 Å². The molecule has 0 saturated heterocycles. The molecule has 2 aromatic carbocycles. The van der Waals surface area contributed by atoms with Crippen molar-refractivity contribution >= 4 is 5.91 Å². The van der Waals surface area contributed by atoms with Gasteiger partial charge in [0.1, 0.15) is 11.6 Å². The third-order valence-electron chi connectivity index (χ3n) is 6.13. The normalized spacial score (nSPS) is 17.0. The molecule has 1 aliphatic rings. The zero-order valence-corrected chi connectivity index (χ0v) is 19.3. The summed E-state index contributed by atoms with van der Waals surface area (Å²) in [6, 6.07) is 11.3. The Labute approximate surface area is 189 Å². The summed E-state index contributed by atoms with van der Waals surface area (Å²) < 4.78 is 27.1. The number of hydrogen-bond donors (Lipinski definition) is 3. The molecule has 1 saturated carbocycles. The predicted octanol–water partition coefficient (Wildman–Crippen LogP) is 4.04. The highest BCUT2D eigenvalue weighted by atomic mass is 19.1. The minimum atomic E-state index is -0.897. The molecule has 3 N–H and O–H groups in total. The number of β-amino-alcohol motifs (C(OH)–C–C–N with tert-alkyl or cyclic N) is 1. The van der Waals surface area contributed by atoms with Gasteiger partial charge in [0.25, 0.3) is 0 Å². The van der Waals surface area contributed by atoms with Crippen LogP contribution in [0.1, 0.15) is 57.2 Å². The molecule has 0 aliphatic heterocycles.